The van der Waals surface area contributed by atoms with Gasteiger partial charge in [-0.2, -0.15) is 0 Å². The van der Waals surface area contributed by atoms with Crippen LogP contribution in [0.2, 0.25) is 38.3 Å². The van der Waals surface area contributed by atoms with Crippen molar-refractivity contribution < 1.29 is 8.85 Å². The van der Waals surface area contributed by atoms with Gasteiger partial charge in [0.2, 0.25) is 0 Å². The molecular weight excluding hydrogens is 256 g/mol. The SMILES string of the molecule is CCO[Si](C)(C)CCCCCC[Si](C)(C)OCC. The van der Waals surface area contributed by atoms with Crippen LogP contribution in [0.25, 0.3) is 0 Å². The molecule has 0 aromatic rings. The first-order valence-corrected chi connectivity index (χ1v) is 13.8. The van der Waals surface area contributed by atoms with E-state index in [9.17, 15) is 0 Å². The molecule has 0 bridgehead atoms. The molecular formula is C14H34O2Si2. The summed E-state index contributed by atoms with van der Waals surface area (Å²) in [4.78, 5) is 0. The summed E-state index contributed by atoms with van der Waals surface area (Å²) >= 11 is 0. The maximum atomic E-state index is 5.85. The largest absolute Gasteiger partial charge is 0.418 e. The topological polar surface area (TPSA) is 18.5 Å². The molecule has 0 rings (SSSR count). The molecule has 0 radical (unpaired) electrons. The minimum atomic E-state index is -1.33. The van der Waals surface area contributed by atoms with E-state index >= 15 is 0 Å². The van der Waals surface area contributed by atoms with Gasteiger partial charge in [-0.3, -0.25) is 0 Å². The lowest BCUT2D eigenvalue weighted by molar-refractivity contribution is 0.325. The average Bonchev–Trinajstić information content (AvgIpc) is 2.22. The van der Waals surface area contributed by atoms with E-state index in [0.717, 1.165) is 13.2 Å². The highest BCUT2D eigenvalue weighted by molar-refractivity contribution is 6.71. The zero-order valence-corrected chi connectivity index (χ0v) is 15.5. The van der Waals surface area contributed by atoms with Crippen molar-refractivity contribution in [3.8, 4) is 0 Å². The smallest absolute Gasteiger partial charge is 0.186 e. The Kier molecular flexibility index (Phi) is 9.47. The molecule has 0 saturated carbocycles. The summed E-state index contributed by atoms with van der Waals surface area (Å²) in [7, 11) is -2.66. The number of hydrogen-bond donors (Lipinski definition) is 0. The van der Waals surface area contributed by atoms with Crippen LogP contribution in [0.3, 0.4) is 0 Å². The quantitative estimate of drug-likeness (QED) is 0.392. The second-order valence-corrected chi connectivity index (χ2v) is 14.9. The molecule has 0 aromatic carbocycles. The molecule has 0 saturated heterocycles. The van der Waals surface area contributed by atoms with E-state index in [-0.39, 0.29) is 0 Å². The summed E-state index contributed by atoms with van der Waals surface area (Å²) in [5.74, 6) is 0. The highest BCUT2D eigenvalue weighted by Crippen LogP contribution is 2.19. The third-order valence-electron chi connectivity index (χ3n) is 3.38. The van der Waals surface area contributed by atoms with Crippen LogP contribution >= 0.6 is 0 Å². The molecule has 0 aliphatic rings. The monoisotopic (exact) mass is 290 g/mol. The first-order chi connectivity index (χ1) is 8.33. The standard InChI is InChI=1S/C14H34O2Si2/c1-7-15-17(3,4)13-11-9-10-12-14-18(5,6)16-8-2/h7-14H2,1-6H3. The minimum Gasteiger partial charge on any atom is -0.418 e. The predicted octanol–water partition coefficient (Wildman–Crippen LogP) is 5.03. The molecule has 0 N–H and O–H groups in total. The second kappa shape index (κ2) is 9.29. The molecule has 0 aromatic heterocycles. The summed E-state index contributed by atoms with van der Waals surface area (Å²) in [6, 6.07) is 2.63. The van der Waals surface area contributed by atoms with E-state index in [1.807, 2.05) is 0 Å². The number of rotatable bonds is 11. The van der Waals surface area contributed by atoms with Gasteiger partial charge >= 0.3 is 0 Å². The van der Waals surface area contributed by atoms with Crippen molar-refractivity contribution in [2.24, 2.45) is 0 Å². The molecule has 2 nitrogen and oxygen atoms in total. The van der Waals surface area contributed by atoms with Gasteiger partial charge in [-0.05, 0) is 52.1 Å². The fourth-order valence-electron chi connectivity index (χ4n) is 2.38. The average molecular weight is 291 g/mol. The van der Waals surface area contributed by atoms with Crippen LogP contribution in [0.1, 0.15) is 39.5 Å². The van der Waals surface area contributed by atoms with Gasteiger partial charge in [0.1, 0.15) is 0 Å². The highest BCUT2D eigenvalue weighted by Gasteiger charge is 2.22. The van der Waals surface area contributed by atoms with Crippen LogP contribution in [0.4, 0.5) is 0 Å². The Morgan fingerprint density at radius 2 is 0.944 bits per heavy atom. The van der Waals surface area contributed by atoms with Crippen LogP contribution in [0.5, 0.6) is 0 Å². The van der Waals surface area contributed by atoms with Crippen LogP contribution in [-0.2, 0) is 8.85 Å². The maximum absolute atomic E-state index is 5.85. The van der Waals surface area contributed by atoms with Crippen molar-refractivity contribution in [3.05, 3.63) is 0 Å². The zero-order valence-electron chi connectivity index (χ0n) is 13.5. The molecule has 18 heavy (non-hydrogen) atoms. The number of unbranched alkanes of at least 4 members (excludes halogenated alkanes) is 3. The molecule has 0 atom stereocenters. The summed E-state index contributed by atoms with van der Waals surface area (Å²) in [6.07, 6.45) is 5.41. The van der Waals surface area contributed by atoms with Gasteiger partial charge in [-0.15, -0.1) is 0 Å². The molecule has 4 heteroatoms. The van der Waals surface area contributed by atoms with Crippen molar-refractivity contribution in [3.63, 3.8) is 0 Å². The molecule has 0 unspecified atom stereocenters. The van der Waals surface area contributed by atoms with Crippen molar-refractivity contribution in [1.82, 2.24) is 0 Å². The van der Waals surface area contributed by atoms with Crippen molar-refractivity contribution in [1.29, 1.82) is 0 Å². The Labute approximate surface area is 117 Å². The minimum absolute atomic E-state index is 0.882. The summed E-state index contributed by atoms with van der Waals surface area (Å²) in [5, 5.41) is 0. The van der Waals surface area contributed by atoms with E-state index in [1.165, 1.54) is 37.8 Å². The van der Waals surface area contributed by atoms with Crippen molar-refractivity contribution >= 4 is 16.6 Å². The van der Waals surface area contributed by atoms with E-state index in [4.69, 9.17) is 8.85 Å². The Hall–Kier alpha value is 0.354. The lowest BCUT2D eigenvalue weighted by Gasteiger charge is -2.23. The fourth-order valence-corrected chi connectivity index (χ4v) is 6.44. The third-order valence-corrected chi connectivity index (χ3v) is 8.63. The lowest BCUT2D eigenvalue weighted by atomic mass is 10.2. The molecule has 110 valence electrons. The van der Waals surface area contributed by atoms with Crippen LogP contribution in [0.15, 0.2) is 0 Å². The Balaban J connectivity index is 3.52. The van der Waals surface area contributed by atoms with Crippen molar-refractivity contribution in [2.75, 3.05) is 13.2 Å². The van der Waals surface area contributed by atoms with Crippen LogP contribution < -0.4 is 0 Å². The van der Waals surface area contributed by atoms with E-state index < -0.39 is 16.6 Å². The molecule has 0 aliphatic carbocycles. The first kappa shape index (κ1) is 18.4. The summed E-state index contributed by atoms with van der Waals surface area (Å²) in [6.45, 7) is 15.3. The van der Waals surface area contributed by atoms with Gasteiger partial charge in [0.25, 0.3) is 0 Å². The first-order valence-electron chi connectivity index (χ1n) is 7.61. The molecule has 0 fully saturated rings. The molecule has 0 amide bonds. The maximum Gasteiger partial charge on any atom is 0.186 e. The van der Waals surface area contributed by atoms with Crippen LogP contribution in [0, 0.1) is 0 Å². The third kappa shape index (κ3) is 10.3. The molecule has 0 spiro atoms. The fraction of sp³-hybridized carbons (Fsp3) is 1.00. The summed E-state index contributed by atoms with van der Waals surface area (Å²) in [5.41, 5.74) is 0. The van der Waals surface area contributed by atoms with Gasteiger partial charge in [0.15, 0.2) is 16.6 Å². The Morgan fingerprint density at radius 1 is 0.611 bits per heavy atom. The second-order valence-electron chi connectivity index (χ2n) is 6.30. The molecule has 0 heterocycles. The van der Waals surface area contributed by atoms with E-state index in [2.05, 4.69) is 40.0 Å². The number of hydrogen-bond acceptors (Lipinski definition) is 2. The van der Waals surface area contributed by atoms with Gasteiger partial charge in [0, 0.05) is 13.2 Å². The van der Waals surface area contributed by atoms with E-state index in [1.54, 1.807) is 0 Å². The van der Waals surface area contributed by atoms with Gasteiger partial charge < -0.3 is 8.85 Å². The van der Waals surface area contributed by atoms with Gasteiger partial charge in [-0.25, -0.2) is 0 Å². The zero-order chi connectivity index (χ0) is 14.1. The van der Waals surface area contributed by atoms with E-state index in [0.29, 0.717) is 0 Å². The van der Waals surface area contributed by atoms with Crippen molar-refractivity contribution in [2.45, 2.75) is 77.8 Å². The van der Waals surface area contributed by atoms with Crippen LogP contribution in [-0.4, -0.2) is 29.8 Å². The predicted molar refractivity (Wildman–Crippen MR) is 86.3 cm³/mol. The highest BCUT2D eigenvalue weighted by atomic mass is 28.4. The Bertz CT molecular complexity index is 184. The van der Waals surface area contributed by atoms with Gasteiger partial charge in [-0.1, -0.05) is 25.7 Å². The normalized spacial score (nSPS) is 13.0. The lowest BCUT2D eigenvalue weighted by Crippen LogP contribution is -2.30. The molecule has 0 aliphatic heterocycles. The Morgan fingerprint density at radius 3 is 1.22 bits per heavy atom. The van der Waals surface area contributed by atoms with Gasteiger partial charge in [0.05, 0.1) is 0 Å². The summed E-state index contributed by atoms with van der Waals surface area (Å²) < 4.78 is 11.7.